The van der Waals surface area contributed by atoms with Gasteiger partial charge in [0.25, 0.3) is 5.91 Å². The zero-order valence-corrected chi connectivity index (χ0v) is 15.7. The predicted molar refractivity (Wildman–Crippen MR) is 107 cm³/mol. The number of rotatable bonds is 5. The van der Waals surface area contributed by atoms with E-state index < -0.39 is 0 Å². The maximum absolute atomic E-state index is 13.7. The molecular formula is C22H22FN3O2. The Kier molecular flexibility index (Phi) is 4.86. The van der Waals surface area contributed by atoms with E-state index in [-0.39, 0.29) is 23.7 Å². The van der Waals surface area contributed by atoms with Crippen LogP contribution in [0.15, 0.2) is 48.5 Å². The van der Waals surface area contributed by atoms with Crippen LogP contribution in [0.2, 0.25) is 0 Å². The largest absolute Gasteiger partial charge is 0.351 e. The molecule has 3 aromatic rings. The van der Waals surface area contributed by atoms with Gasteiger partial charge in [0.15, 0.2) is 0 Å². The number of nitrogens with one attached hydrogen (secondary N) is 2. The molecule has 2 heterocycles. The van der Waals surface area contributed by atoms with Crippen molar-refractivity contribution in [1.29, 1.82) is 0 Å². The summed E-state index contributed by atoms with van der Waals surface area (Å²) < 4.78 is 13.7. The Morgan fingerprint density at radius 3 is 2.86 bits per heavy atom. The topological polar surface area (TPSA) is 65.2 Å². The third-order valence-corrected chi connectivity index (χ3v) is 5.18. The van der Waals surface area contributed by atoms with Crippen LogP contribution in [-0.2, 0) is 11.2 Å². The number of H-pyrrole nitrogens is 1. The summed E-state index contributed by atoms with van der Waals surface area (Å²) in [5.41, 5.74) is 2.82. The number of amides is 2. The van der Waals surface area contributed by atoms with E-state index in [2.05, 4.69) is 23.3 Å². The van der Waals surface area contributed by atoms with E-state index in [0.29, 0.717) is 36.0 Å². The normalized spacial score (nSPS) is 15.6. The molecule has 0 saturated carbocycles. The van der Waals surface area contributed by atoms with E-state index in [0.717, 1.165) is 12.1 Å². The van der Waals surface area contributed by atoms with Crippen molar-refractivity contribution in [2.45, 2.75) is 32.2 Å². The number of hydrogen-bond donors (Lipinski definition) is 2. The molecule has 4 rings (SSSR count). The molecule has 0 saturated heterocycles. The van der Waals surface area contributed by atoms with Crippen LogP contribution in [0, 0.1) is 5.82 Å². The van der Waals surface area contributed by atoms with Gasteiger partial charge in [-0.25, -0.2) is 4.39 Å². The lowest BCUT2D eigenvalue weighted by atomic mass is 10.1. The van der Waals surface area contributed by atoms with Crippen molar-refractivity contribution < 1.29 is 14.0 Å². The summed E-state index contributed by atoms with van der Waals surface area (Å²) in [4.78, 5) is 29.6. The molecule has 6 heteroatoms. The number of fused-ring (bicyclic) bond motifs is 2. The third-order valence-electron chi connectivity index (χ3n) is 5.18. The summed E-state index contributed by atoms with van der Waals surface area (Å²) in [7, 11) is 0. The first kappa shape index (κ1) is 18.2. The molecule has 0 bridgehead atoms. The highest BCUT2D eigenvalue weighted by Crippen LogP contribution is 2.32. The van der Waals surface area contributed by atoms with Gasteiger partial charge >= 0.3 is 0 Å². The number of nitrogens with zero attached hydrogens (tertiary/aromatic N) is 1. The number of aromatic nitrogens is 1. The first-order valence-corrected chi connectivity index (χ1v) is 9.50. The van der Waals surface area contributed by atoms with Crippen LogP contribution in [-0.4, -0.2) is 29.4 Å². The quantitative estimate of drug-likeness (QED) is 0.663. The molecule has 2 aromatic carbocycles. The summed E-state index contributed by atoms with van der Waals surface area (Å²) in [6, 6.07) is 14.5. The summed E-state index contributed by atoms with van der Waals surface area (Å²) in [5, 5.41) is 3.45. The molecule has 1 aliphatic heterocycles. The molecule has 1 aromatic heterocycles. The van der Waals surface area contributed by atoms with Gasteiger partial charge in [-0.3, -0.25) is 9.59 Å². The highest BCUT2D eigenvalue weighted by Gasteiger charge is 2.29. The Labute approximate surface area is 162 Å². The van der Waals surface area contributed by atoms with Crippen molar-refractivity contribution in [3.63, 3.8) is 0 Å². The van der Waals surface area contributed by atoms with Crippen molar-refractivity contribution in [2.24, 2.45) is 0 Å². The zero-order chi connectivity index (χ0) is 19.7. The maximum Gasteiger partial charge on any atom is 0.267 e. The predicted octanol–water partition coefficient (Wildman–Crippen LogP) is 3.79. The van der Waals surface area contributed by atoms with Gasteiger partial charge in [0.2, 0.25) is 5.91 Å². The first-order chi connectivity index (χ1) is 13.5. The van der Waals surface area contributed by atoms with Crippen LogP contribution in [0.1, 0.15) is 35.8 Å². The van der Waals surface area contributed by atoms with Gasteiger partial charge in [-0.1, -0.05) is 30.3 Å². The number of benzene rings is 2. The minimum Gasteiger partial charge on any atom is -0.351 e. The second-order valence-electron chi connectivity index (χ2n) is 7.19. The number of anilines is 1. The lowest BCUT2D eigenvalue weighted by Gasteiger charge is -2.22. The summed E-state index contributed by atoms with van der Waals surface area (Å²) in [5.74, 6) is -0.621. The molecule has 144 valence electrons. The lowest BCUT2D eigenvalue weighted by Crippen LogP contribution is -2.36. The highest BCUT2D eigenvalue weighted by atomic mass is 19.1. The molecule has 0 aliphatic carbocycles. The molecule has 2 amide bonds. The second-order valence-corrected chi connectivity index (χ2v) is 7.19. The monoisotopic (exact) mass is 379 g/mol. The summed E-state index contributed by atoms with van der Waals surface area (Å²) >= 11 is 0. The molecular weight excluding hydrogens is 357 g/mol. The van der Waals surface area contributed by atoms with E-state index in [1.54, 1.807) is 18.2 Å². The van der Waals surface area contributed by atoms with Crippen LogP contribution in [0.25, 0.3) is 10.9 Å². The number of carbonyl (C=O) groups is 2. The Bertz CT molecular complexity index is 1040. The van der Waals surface area contributed by atoms with Crippen LogP contribution in [0.4, 0.5) is 10.1 Å². The fraction of sp³-hybridized carbons (Fsp3) is 0.273. The van der Waals surface area contributed by atoms with Crippen LogP contribution >= 0.6 is 0 Å². The fourth-order valence-corrected chi connectivity index (χ4v) is 3.84. The summed E-state index contributed by atoms with van der Waals surface area (Å²) in [6.45, 7) is 2.43. The smallest absolute Gasteiger partial charge is 0.267 e. The minimum absolute atomic E-state index is 0.0689. The van der Waals surface area contributed by atoms with E-state index in [4.69, 9.17) is 0 Å². The van der Waals surface area contributed by atoms with Crippen molar-refractivity contribution in [1.82, 2.24) is 10.3 Å². The standard InChI is InChI=1S/C22H22FN3O2/c1-14-12-15-6-2-3-9-19(15)26(14)20(27)10-5-11-24-22(28)18-13-16-7-4-8-17(23)21(16)25-18/h2-4,6-9,13-14,25H,5,10-12H2,1H3,(H,24,28)/t14-/m0/s1. The molecule has 0 fully saturated rings. The van der Waals surface area contributed by atoms with Crippen molar-refractivity contribution >= 4 is 28.4 Å². The average molecular weight is 379 g/mol. The van der Waals surface area contributed by atoms with Crippen LogP contribution < -0.4 is 10.2 Å². The zero-order valence-electron chi connectivity index (χ0n) is 15.7. The molecule has 0 unspecified atom stereocenters. The Morgan fingerprint density at radius 1 is 1.21 bits per heavy atom. The number of halogens is 1. The van der Waals surface area contributed by atoms with Crippen molar-refractivity contribution in [2.75, 3.05) is 11.4 Å². The van der Waals surface area contributed by atoms with Crippen molar-refractivity contribution in [3.05, 3.63) is 65.6 Å². The van der Waals surface area contributed by atoms with Crippen LogP contribution in [0.5, 0.6) is 0 Å². The Hall–Kier alpha value is -3.15. The Morgan fingerprint density at radius 2 is 2.04 bits per heavy atom. The van der Waals surface area contributed by atoms with Gasteiger partial charge in [0.1, 0.15) is 11.5 Å². The van der Waals surface area contributed by atoms with E-state index in [1.807, 2.05) is 23.1 Å². The average Bonchev–Trinajstić information content (AvgIpc) is 3.26. The van der Waals surface area contributed by atoms with Gasteiger partial charge in [-0.05, 0) is 43.5 Å². The first-order valence-electron chi connectivity index (χ1n) is 9.50. The van der Waals surface area contributed by atoms with Crippen LogP contribution in [0.3, 0.4) is 0 Å². The number of carbonyl (C=O) groups excluding carboxylic acids is 2. The molecule has 2 N–H and O–H groups in total. The maximum atomic E-state index is 13.7. The number of para-hydroxylation sites is 2. The highest BCUT2D eigenvalue weighted by molar-refractivity contribution is 5.98. The molecule has 0 spiro atoms. The van der Waals surface area contributed by atoms with Crippen molar-refractivity contribution in [3.8, 4) is 0 Å². The van der Waals surface area contributed by atoms with Gasteiger partial charge in [0.05, 0.1) is 5.52 Å². The van der Waals surface area contributed by atoms with Gasteiger partial charge in [0, 0.05) is 30.1 Å². The van der Waals surface area contributed by atoms with E-state index >= 15 is 0 Å². The lowest BCUT2D eigenvalue weighted by molar-refractivity contribution is -0.119. The fourth-order valence-electron chi connectivity index (χ4n) is 3.84. The molecule has 1 atom stereocenters. The SMILES string of the molecule is C[C@H]1Cc2ccccc2N1C(=O)CCCNC(=O)c1cc2cccc(F)c2[nH]1. The van der Waals surface area contributed by atoms with E-state index in [9.17, 15) is 14.0 Å². The van der Waals surface area contributed by atoms with E-state index in [1.165, 1.54) is 11.6 Å². The third kappa shape index (κ3) is 3.38. The number of aromatic amines is 1. The number of hydrogen-bond acceptors (Lipinski definition) is 2. The van der Waals surface area contributed by atoms with Gasteiger partial charge in [-0.15, -0.1) is 0 Å². The molecule has 28 heavy (non-hydrogen) atoms. The molecule has 1 aliphatic rings. The van der Waals surface area contributed by atoms with Gasteiger partial charge < -0.3 is 15.2 Å². The summed E-state index contributed by atoms with van der Waals surface area (Å²) in [6.07, 6.45) is 1.78. The minimum atomic E-state index is -0.387. The van der Waals surface area contributed by atoms with Gasteiger partial charge in [-0.2, -0.15) is 0 Å². The molecule has 0 radical (unpaired) electrons. The second kappa shape index (κ2) is 7.46. The Balaban J connectivity index is 1.31. The molecule has 5 nitrogen and oxygen atoms in total.